The molecule has 1 aliphatic carbocycles. The largest absolute Gasteiger partial charge is 0.383 e. The highest BCUT2D eigenvalue weighted by molar-refractivity contribution is 7.80. The zero-order chi connectivity index (χ0) is 12.0. The number of ether oxygens (including phenoxy) is 1. The van der Waals surface area contributed by atoms with Crippen LogP contribution in [0.2, 0.25) is 0 Å². The molecule has 0 spiro atoms. The maximum atomic E-state index is 5.19. The van der Waals surface area contributed by atoms with Crippen molar-refractivity contribution >= 4 is 12.6 Å². The van der Waals surface area contributed by atoms with Crippen molar-refractivity contribution in [2.45, 2.75) is 33.1 Å². The molecule has 1 saturated carbocycles. The van der Waals surface area contributed by atoms with E-state index in [-0.39, 0.29) is 0 Å². The fourth-order valence-corrected chi connectivity index (χ4v) is 2.91. The van der Waals surface area contributed by atoms with Crippen LogP contribution in [0.3, 0.4) is 0 Å². The summed E-state index contributed by atoms with van der Waals surface area (Å²) in [6, 6.07) is 0. The van der Waals surface area contributed by atoms with Gasteiger partial charge in [-0.1, -0.05) is 20.3 Å². The Morgan fingerprint density at radius 1 is 1.38 bits per heavy atom. The van der Waals surface area contributed by atoms with E-state index in [4.69, 9.17) is 4.74 Å². The quantitative estimate of drug-likeness (QED) is 0.660. The van der Waals surface area contributed by atoms with Crippen LogP contribution in [0.25, 0.3) is 0 Å². The maximum absolute atomic E-state index is 5.19. The van der Waals surface area contributed by atoms with E-state index in [1.54, 1.807) is 7.11 Å². The minimum absolute atomic E-state index is 0.506. The lowest BCUT2D eigenvalue weighted by Gasteiger charge is -2.44. The van der Waals surface area contributed by atoms with Crippen LogP contribution in [-0.4, -0.2) is 44.0 Å². The molecule has 96 valence electrons. The standard InChI is InChI=1S/C13H27NOS/c1-12(2)9-14(7-8-15-3)10-13(11-16)5-4-6-13/h12,16H,4-11H2,1-3H3. The molecule has 0 radical (unpaired) electrons. The first-order chi connectivity index (χ1) is 7.62. The summed E-state index contributed by atoms with van der Waals surface area (Å²) in [5.41, 5.74) is 0.506. The third kappa shape index (κ3) is 4.27. The lowest BCUT2D eigenvalue weighted by atomic mass is 9.70. The molecule has 0 aromatic heterocycles. The number of rotatable bonds is 8. The van der Waals surface area contributed by atoms with E-state index in [1.807, 2.05) is 0 Å². The van der Waals surface area contributed by atoms with E-state index < -0.39 is 0 Å². The lowest BCUT2D eigenvalue weighted by Crippen LogP contribution is -2.45. The van der Waals surface area contributed by atoms with Crippen molar-refractivity contribution in [2.75, 3.05) is 39.1 Å². The summed E-state index contributed by atoms with van der Waals surface area (Å²) in [5.74, 6) is 1.77. The van der Waals surface area contributed by atoms with Gasteiger partial charge < -0.3 is 9.64 Å². The average Bonchev–Trinajstić information content (AvgIpc) is 2.19. The Hall–Kier alpha value is 0.270. The van der Waals surface area contributed by atoms with Crippen LogP contribution in [-0.2, 0) is 4.74 Å². The Balaban J connectivity index is 2.41. The number of hydrogen-bond acceptors (Lipinski definition) is 3. The summed E-state index contributed by atoms with van der Waals surface area (Å²) in [6.07, 6.45) is 4.11. The van der Waals surface area contributed by atoms with E-state index in [2.05, 4.69) is 31.4 Å². The maximum Gasteiger partial charge on any atom is 0.0589 e. The Morgan fingerprint density at radius 2 is 2.06 bits per heavy atom. The first kappa shape index (κ1) is 14.3. The molecule has 1 rings (SSSR count). The highest BCUT2D eigenvalue weighted by Gasteiger charge is 2.37. The summed E-state index contributed by atoms with van der Waals surface area (Å²) in [5, 5.41) is 0. The fourth-order valence-electron chi connectivity index (χ4n) is 2.49. The second kappa shape index (κ2) is 6.87. The zero-order valence-corrected chi connectivity index (χ0v) is 11.9. The predicted octanol–water partition coefficient (Wildman–Crippen LogP) is 2.69. The molecule has 1 aliphatic rings. The van der Waals surface area contributed by atoms with Gasteiger partial charge in [0.05, 0.1) is 6.61 Å². The minimum Gasteiger partial charge on any atom is -0.383 e. The van der Waals surface area contributed by atoms with E-state index in [0.29, 0.717) is 5.41 Å². The summed E-state index contributed by atoms with van der Waals surface area (Å²) >= 11 is 4.53. The molecular formula is C13H27NOS. The normalized spacial score (nSPS) is 19.1. The van der Waals surface area contributed by atoms with Crippen molar-refractivity contribution in [3.05, 3.63) is 0 Å². The van der Waals surface area contributed by atoms with Crippen LogP contribution in [0.15, 0.2) is 0 Å². The highest BCUT2D eigenvalue weighted by atomic mass is 32.1. The number of methoxy groups -OCH3 is 1. The molecule has 0 atom stereocenters. The van der Waals surface area contributed by atoms with Crippen molar-refractivity contribution in [3.63, 3.8) is 0 Å². The molecule has 0 N–H and O–H groups in total. The predicted molar refractivity (Wildman–Crippen MR) is 73.3 cm³/mol. The molecule has 0 aliphatic heterocycles. The monoisotopic (exact) mass is 245 g/mol. The second-order valence-corrected chi connectivity index (χ2v) is 5.95. The van der Waals surface area contributed by atoms with Gasteiger partial charge >= 0.3 is 0 Å². The number of nitrogens with zero attached hydrogens (tertiary/aromatic N) is 1. The second-order valence-electron chi connectivity index (χ2n) is 5.63. The van der Waals surface area contributed by atoms with Crippen molar-refractivity contribution < 1.29 is 4.74 Å². The van der Waals surface area contributed by atoms with Crippen LogP contribution in [0, 0.1) is 11.3 Å². The smallest absolute Gasteiger partial charge is 0.0589 e. The number of thiol groups is 1. The Kier molecular flexibility index (Phi) is 6.16. The molecule has 0 amide bonds. The van der Waals surface area contributed by atoms with Gasteiger partial charge in [-0.15, -0.1) is 0 Å². The van der Waals surface area contributed by atoms with Crippen LogP contribution in [0.1, 0.15) is 33.1 Å². The molecule has 0 aromatic rings. The molecule has 1 fully saturated rings. The molecule has 16 heavy (non-hydrogen) atoms. The summed E-state index contributed by atoms with van der Waals surface area (Å²) in [4.78, 5) is 2.56. The Morgan fingerprint density at radius 3 is 2.44 bits per heavy atom. The Bertz CT molecular complexity index is 187. The van der Waals surface area contributed by atoms with Crippen LogP contribution < -0.4 is 0 Å². The van der Waals surface area contributed by atoms with Gasteiger partial charge in [0.1, 0.15) is 0 Å². The van der Waals surface area contributed by atoms with Crippen LogP contribution in [0.5, 0.6) is 0 Å². The van der Waals surface area contributed by atoms with Crippen molar-refractivity contribution in [1.29, 1.82) is 0 Å². The molecule has 0 saturated heterocycles. The van der Waals surface area contributed by atoms with Gasteiger partial charge in [0, 0.05) is 26.7 Å². The van der Waals surface area contributed by atoms with Crippen LogP contribution >= 0.6 is 12.6 Å². The lowest BCUT2D eigenvalue weighted by molar-refractivity contribution is 0.0635. The molecule has 0 unspecified atom stereocenters. The third-order valence-corrected chi connectivity index (χ3v) is 4.21. The highest BCUT2D eigenvalue weighted by Crippen LogP contribution is 2.42. The molecule has 2 nitrogen and oxygen atoms in total. The zero-order valence-electron chi connectivity index (χ0n) is 11.0. The van der Waals surface area contributed by atoms with Gasteiger partial charge in [0.25, 0.3) is 0 Å². The van der Waals surface area contributed by atoms with Crippen molar-refractivity contribution in [2.24, 2.45) is 11.3 Å². The topological polar surface area (TPSA) is 12.5 Å². The van der Waals surface area contributed by atoms with Gasteiger partial charge in [-0.25, -0.2) is 0 Å². The summed E-state index contributed by atoms with van der Waals surface area (Å²) in [7, 11) is 1.78. The van der Waals surface area contributed by atoms with Gasteiger partial charge in [-0.3, -0.25) is 0 Å². The Labute approximate surface area is 106 Å². The van der Waals surface area contributed by atoms with E-state index in [0.717, 1.165) is 24.8 Å². The van der Waals surface area contributed by atoms with Crippen LogP contribution in [0.4, 0.5) is 0 Å². The van der Waals surface area contributed by atoms with E-state index in [9.17, 15) is 0 Å². The minimum atomic E-state index is 0.506. The summed E-state index contributed by atoms with van der Waals surface area (Å²) < 4.78 is 5.19. The molecule has 0 bridgehead atoms. The third-order valence-electron chi connectivity index (χ3n) is 3.54. The molecule has 0 aromatic carbocycles. The molecule has 3 heteroatoms. The van der Waals surface area contributed by atoms with Gasteiger partial charge in [-0.05, 0) is 29.9 Å². The van der Waals surface area contributed by atoms with Gasteiger partial charge in [0.2, 0.25) is 0 Å². The van der Waals surface area contributed by atoms with E-state index in [1.165, 1.54) is 32.4 Å². The van der Waals surface area contributed by atoms with E-state index >= 15 is 0 Å². The SMILES string of the molecule is COCCN(CC(C)C)CC1(CS)CCC1. The molecular weight excluding hydrogens is 218 g/mol. The fraction of sp³-hybridized carbons (Fsp3) is 1.00. The molecule has 0 heterocycles. The summed E-state index contributed by atoms with van der Waals surface area (Å²) in [6.45, 7) is 8.86. The van der Waals surface area contributed by atoms with Crippen molar-refractivity contribution in [1.82, 2.24) is 4.90 Å². The average molecular weight is 245 g/mol. The van der Waals surface area contributed by atoms with Gasteiger partial charge in [0.15, 0.2) is 0 Å². The first-order valence-corrected chi connectivity index (χ1v) is 7.07. The van der Waals surface area contributed by atoms with Crippen molar-refractivity contribution in [3.8, 4) is 0 Å². The van der Waals surface area contributed by atoms with Gasteiger partial charge in [-0.2, -0.15) is 12.6 Å². The first-order valence-electron chi connectivity index (χ1n) is 6.44. The number of hydrogen-bond donors (Lipinski definition) is 1.